The number of aliphatic hydroxyl groups is 1. The molecule has 1 N–H and O–H groups in total. The Bertz CT molecular complexity index is 429. The van der Waals surface area contributed by atoms with E-state index in [-0.39, 0.29) is 13.2 Å². The van der Waals surface area contributed by atoms with Gasteiger partial charge in [0.25, 0.3) is 0 Å². The number of hydrogen-bond acceptors (Lipinski definition) is 6. The van der Waals surface area contributed by atoms with E-state index in [0.717, 1.165) is 6.42 Å². The van der Waals surface area contributed by atoms with Gasteiger partial charge in [-0.25, -0.2) is 4.79 Å². The van der Waals surface area contributed by atoms with Crippen molar-refractivity contribution >= 4 is 31.9 Å². The number of aliphatic hydroxyl groups excluding tert-OH is 1. The molecule has 0 aromatic rings. The van der Waals surface area contributed by atoms with Crippen LogP contribution in [0.2, 0.25) is 44.8 Å². The highest BCUT2D eigenvalue weighted by atomic mass is 28.4. The average molecular weight is 423 g/mol. The zero-order valence-electron chi connectivity index (χ0n) is 17.8. The first-order chi connectivity index (χ1) is 11.7. The van der Waals surface area contributed by atoms with Gasteiger partial charge in [0, 0.05) is 12.2 Å². The van der Waals surface area contributed by atoms with Gasteiger partial charge in [-0.1, -0.05) is 13.5 Å². The molecule has 0 fully saturated rings. The molecule has 0 saturated carbocycles. The molecule has 0 aliphatic rings. The Kier molecular flexibility index (Phi) is 11.4. The lowest BCUT2D eigenvalue weighted by atomic mass is 10.3. The van der Waals surface area contributed by atoms with E-state index in [9.17, 15) is 9.90 Å². The Morgan fingerprint density at radius 1 is 1.08 bits per heavy atom. The lowest BCUT2D eigenvalue weighted by Crippen LogP contribution is -2.45. The first-order valence-electron chi connectivity index (χ1n) is 9.15. The average Bonchev–Trinajstić information content (AvgIpc) is 2.45. The molecule has 0 aliphatic heterocycles. The van der Waals surface area contributed by atoms with E-state index in [4.69, 9.17) is 17.7 Å². The molecule has 6 nitrogen and oxygen atoms in total. The maximum absolute atomic E-state index is 11.3. The molecule has 0 aromatic heterocycles. The fourth-order valence-corrected chi connectivity index (χ4v) is 10.4. The van der Waals surface area contributed by atoms with E-state index in [1.807, 2.05) is 0 Å². The van der Waals surface area contributed by atoms with Crippen molar-refractivity contribution in [1.82, 2.24) is 0 Å². The summed E-state index contributed by atoms with van der Waals surface area (Å²) in [5.74, 6) is -0.501. The zero-order chi connectivity index (χ0) is 20.5. The summed E-state index contributed by atoms with van der Waals surface area (Å²) >= 11 is 0. The third kappa shape index (κ3) is 13.8. The quantitative estimate of drug-likeness (QED) is 0.213. The minimum atomic E-state index is -1.78. The van der Waals surface area contributed by atoms with Crippen molar-refractivity contribution in [2.24, 2.45) is 0 Å². The SMILES string of the molecule is C=C(C)C(=O)OCC(O)COCCC(C)[SiH](O[Si](C)(C)C)O[Si](C)(C)C. The van der Waals surface area contributed by atoms with Gasteiger partial charge in [-0.05, 0) is 58.2 Å². The summed E-state index contributed by atoms with van der Waals surface area (Å²) in [4.78, 5) is 11.3. The number of carbonyl (C=O) groups is 1. The monoisotopic (exact) mass is 422 g/mol. The van der Waals surface area contributed by atoms with Crippen LogP contribution in [0.1, 0.15) is 20.3 Å². The molecular weight excluding hydrogens is 384 g/mol. The summed E-state index contributed by atoms with van der Waals surface area (Å²) in [5, 5.41) is 9.80. The highest BCUT2D eigenvalue weighted by Gasteiger charge is 2.32. The molecule has 9 heteroatoms. The van der Waals surface area contributed by atoms with Crippen molar-refractivity contribution in [1.29, 1.82) is 0 Å². The van der Waals surface area contributed by atoms with E-state index in [2.05, 4.69) is 52.8 Å². The molecule has 0 heterocycles. The second-order valence-electron chi connectivity index (χ2n) is 8.70. The maximum atomic E-state index is 11.3. The minimum absolute atomic E-state index is 0.0872. The van der Waals surface area contributed by atoms with Gasteiger partial charge < -0.3 is 22.8 Å². The van der Waals surface area contributed by atoms with E-state index in [1.165, 1.54) is 0 Å². The molecule has 26 heavy (non-hydrogen) atoms. The molecule has 0 aromatic carbocycles. The summed E-state index contributed by atoms with van der Waals surface area (Å²) < 4.78 is 23.2. The Hall–Kier alpha value is -0.299. The number of esters is 1. The fraction of sp³-hybridized carbons (Fsp3) is 0.824. The maximum Gasteiger partial charge on any atom is 0.333 e. The summed E-state index contributed by atoms with van der Waals surface area (Å²) in [7, 11) is -5.09. The van der Waals surface area contributed by atoms with Crippen molar-refractivity contribution < 1.29 is 27.6 Å². The highest BCUT2D eigenvalue weighted by Crippen LogP contribution is 2.23. The van der Waals surface area contributed by atoms with E-state index in [0.29, 0.717) is 17.7 Å². The molecule has 0 rings (SSSR count). The van der Waals surface area contributed by atoms with Crippen LogP contribution in [0.25, 0.3) is 0 Å². The molecule has 2 atom stereocenters. The molecule has 0 spiro atoms. The fourth-order valence-electron chi connectivity index (χ4n) is 1.92. The molecule has 154 valence electrons. The van der Waals surface area contributed by atoms with E-state index >= 15 is 0 Å². The lowest BCUT2D eigenvalue weighted by Gasteiger charge is -2.34. The van der Waals surface area contributed by atoms with Crippen LogP contribution in [0.5, 0.6) is 0 Å². The van der Waals surface area contributed by atoms with E-state index in [1.54, 1.807) is 6.92 Å². The molecule has 0 radical (unpaired) electrons. The molecule has 0 aliphatic carbocycles. The van der Waals surface area contributed by atoms with Crippen molar-refractivity contribution in [2.75, 3.05) is 19.8 Å². The van der Waals surface area contributed by atoms with Crippen LogP contribution in [0.15, 0.2) is 12.2 Å². The number of rotatable bonds is 13. The van der Waals surface area contributed by atoms with Gasteiger partial charge in [0.05, 0.1) is 6.61 Å². The minimum Gasteiger partial charge on any atom is -0.460 e. The van der Waals surface area contributed by atoms with Crippen molar-refractivity contribution in [3.05, 3.63) is 12.2 Å². The smallest absolute Gasteiger partial charge is 0.333 e. The molecule has 0 amide bonds. The van der Waals surface area contributed by atoms with Gasteiger partial charge in [0.2, 0.25) is 0 Å². The van der Waals surface area contributed by atoms with Crippen molar-refractivity contribution in [3.8, 4) is 0 Å². The van der Waals surface area contributed by atoms with Crippen LogP contribution in [-0.4, -0.2) is 62.9 Å². The summed E-state index contributed by atoms with van der Waals surface area (Å²) in [6, 6.07) is 0. The first-order valence-corrected chi connectivity index (χ1v) is 17.6. The number of hydrogen-bond donors (Lipinski definition) is 1. The Balaban J connectivity index is 4.27. The third-order valence-electron chi connectivity index (χ3n) is 3.19. The Morgan fingerprint density at radius 2 is 1.58 bits per heavy atom. The van der Waals surface area contributed by atoms with Crippen molar-refractivity contribution in [2.45, 2.75) is 71.2 Å². The Morgan fingerprint density at radius 3 is 2.00 bits per heavy atom. The molecule has 0 saturated heterocycles. The van der Waals surface area contributed by atoms with Crippen LogP contribution >= 0.6 is 0 Å². The van der Waals surface area contributed by atoms with Gasteiger partial charge in [-0.3, -0.25) is 0 Å². The second-order valence-corrected chi connectivity index (χ2v) is 20.9. The Labute approximate surface area is 163 Å². The third-order valence-corrected chi connectivity index (χ3v) is 12.0. The topological polar surface area (TPSA) is 74.2 Å². The predicted octanol–water partition coefficient (Wildman–Crippen LogP) is 3.19. The van der Waals surface area contributed by atoms with Crippen LogP contribution in [0.3, 0.4) is 0 Å². The predicted molar refractivity (Wildman–Crippen MR) is 113 cm³/mol. The highest BCUT2D eigenvalue weighted by molar-refractivity contribution is 6.81. The van der Waals surface area contributed by atoms with Gasteiger partial charge >= 0.3 is 15.3 Å². The zero-order valence-corrected chi connectivity index (χ0v) is 20.9. The van der Waals surface area contributed by atoms with Gasteiger partial charge in [0.15, 0.2) is 16.6 Å². The van der Waals surface area contributed by atoms with Crippen LogP contribution in [-0.2, 0) is 22.5 Å². The normalized spacial score (nSPS) is 15.0. The molecule has 2 unspecified atom stereocenters. The first kappa shape index (κ1) is 25.7. The van der Waals surface area contributed by atoms with E-state index < -0.39 is 38.0 Å². The lowest BCUT2D eigenvalue weighted by molar-refractivity contribution is -0.143. The van der Waals surface area contributed by atoms with Crippen molar-refractivity contribution in [3.63, 3.8) is 0 Å². The second kappa shape index (κ2) is 11.5. The largest absolute Gasteiger partial charge is 0.460 e. The molecular formula is C17H38O6Si3. The summed E-state index contributed by atoms with van der Waals surface area (Å²) in [5.41, 5.74) is 0.638. The van der Waals surface area contributed by atoms with Crippen LogP contribution < -0.4 is 0 Å². The van der Waals surface area contributed by atoms with Crippen LogP contribution in [0.4, 0.5) is 0 Å². The summed E-state index contributed by atoms with van der Waals surface area (Å²) in [6.45, 7) is 20.9. The number of carbonyl (C=O) groups excluding carboxylic acids is 1. The van der Waals surface area contributed by atoms with Gasteiger partial charge in [-0.15, -0.1) is 0 Å². The summed E-state index contributed by atoms with van der Waals surface area (Å²) in [6.07, 6.45) is -0.0115. The number of ether oxygens (including phenoxy) is 2. The van der Waals surface area contributed by atoms with Gasteiger partial charge in [0.1, 0.15) is 12.7 Å². The van der Waals surface area contributed by atoms with Crippen LogP contribution in [0, 0.1) is 0 Å². The standard InChI is InChI=1S/C17H38O6Si3/c1-14(2)17(19)21-13-16(18)12-20-11-10-15(3)24(22-25(4,5)6)23-26(7,8)9/h15-16,18,24H,1,10-13H2,2-9H3. The molecule has 0 bridgehead atoms. The van der Waals surface area contributed by atoms with Gasteiger partial charge in [-0.2, -0.15) is 0 Å².